The maximum Gasteiger partial charge on any atom is 0.335 e. The van der Waals surface area contributed by atoms with Crippen molar-refractivity contribution in [2.75, 3.05) is 0 Å². The van der Waals surface area contributed by atoms with E-state index in [1.165, 1.54) is 25.7 Å². The number of hydrogen-bond acceptors (Lipinski definition) is 2. The van der Waals surface area contributed by atoms with Crippen LogP contribution >= 0.6 is 0 Å². The molecular formula is C13H14N2O2. The van der Waals surface area contributed by atoms with Gasteiger partial charge in [0, 0.05) is 5.92 Å². The summed E-state index contributed by atoms with van der Waals surface area (Å²) >= 11 is 0. The normalized spacial score (nSPS) is 16.7. The van der Waals surface area contributed by atoms with Crippen molar-refractivity contribution >= 4 is 17.0 Å². The van der Waals surface area contributed by atoms with E-state index in [9.17, 15) is 4.79 Å². The van der Waals surface area contributed by atoms with Crippen LogP contribution in [0.3, 0.4) is 0 Å². The lowest BCUT2D eigenvalue weighted by atomic mass is 10.1. The van der Waals surface area contributed by atoms with Gasteiger partial charge >= 0.3 is 5.97 Å². The van der Waals surface area contributed by atoms with E-state index in [0.29, 0.717) is 11.5 Å². The fourth-order valence-corrected chi connectivity index (χ4v) is 2.55. The molecule has 0 spiro atoms. The van der Waals surface area contributed by atoms with Crippen LogP contribution < -0.4 is 0 Å². The first-order chi connectivity index (χ1) is 8.24. The van der Waals surface area contributed by atoms with E-state index in [4.69, 9.17) is 5.11 Å². The van der Waals surface area contributed by atoms with Crippen LogP contribution in [-0.4, -0.2) is 21.0 Å². The van der Waals surface area contributed by atoms with Crippen LogP contribution in [0.1, 0.15) is 47.8 Å². The first kappa shape index (κ1) is 10.3. The average Bonchev–Trinajstić information content (AvgIpc) is 2.96. The summed E-state index contributed by atoms with van der Waals surface area (Å²) in [4.78, 5) is 18.7. The van der Waals surface area contributed by atoms with Gasteiger partial charge in [-0.3, -0.25) is 0 Å². The second-order valence-electron chi connectivity index (χ2n) is 4.64. The average molecular weight is 230 g/mol. The number of rotatable bonds is 2. The maximum absolute atomic E-state index is 10.9. The second-order valence-corrected chi connectivity index (χ2v) is 4.64. The number of carboxylic acid groups (broad SMARTS) is 1. The third kappa shape index (κ3) is 1.79. The minimum atomic E-state index is -0.899. The molecule has 0 bridgehead atoms. The predicted molar refractivity (Wildman–Crippen MR) is 64.3 cm³/mol. The zero-order chi connectivity index (χ0) is 11.8. The van der Waals surface area contributed by atoms with Crippen LogP contribution in [0.5, 0.6) is 0 Å². The van der Waals surface area contributed by atoms with Gasteiger partial charge in [-0.2, -0.15) is 0 Å². The van der Waals surface area contributed by atoms with Gasteiger partial charge in [0.1, 0.15) is 5.82 Å². The lowest BCUT2D eigenvalue weighted by Gasteiger charge is -2.02. The number of H-pyrrole nitrogens is 1. The van der Waals surface area contributed by atoms with Gasteiger partial charge < -0.3 is 10.1 Å². The Balaban J connectivity index is 2.03. The summed E-state index contributed by atoms with van der Waals surface area (Å²) in [6.07, 6.45) is 4.90. The van der Waals surface area contributed by atoms with Gasteiger partial charge in [-0.05, 0) is 31.0 Å². The Labute approximate surface area is 98.7 Å². The quantitative estimate of drug-likeness (QED) is 0.833. The largest absolute Gasteiger partial charge is 0.478 e. The first-order valence-corrected chi connectivity index (χ1v) is 5.97. The van der Waals surface area contributed by atoms with Crippen molar-refractivity contribution < 1.29 is 9.90 Å². The van der Waals surface area contributed by atoms with E-state index < -0.39 is 5.97 Å². The minimum Gasteiger partial charge on any atom is -0.478 e. The van der Waals surface area contributed by atoms with Crippen LogP contribution in [0.4, 0.5) is 0 Å². The van der Waals surface area contributed by atoms with Crippen molar-refractivity contribution in [1.29, 1.82) is 0 Å². The Morgan fingerprint density at radius 1 is 1.35 bits per heavy atom. The summed E-state index contributed by atoms with van der Waals surface area (Å²) in [5, 5.41) is 8.93. The summed E-state index contributed by atoms with van der Waals surface area (Å²) in [5.74, 6) is 0.639. The van der Waals surface area contributed by atoms with E-state index in [2.05, 4.69) is 9.97 Å². The molecule has 17 heavy (non-hydrogen) atoms. The van der Waals surface area contributed by atoms with Crippen LogP contribution in [0.25, 0.3) is 11.0 Å². The standard InChI is InChI=1S/C13H14N2O2/c16-13(17)9-5-6-10-11(7-9)15-12(14-10)8-3-1-2-4-8/h5-8H,1-4H2,(H,14,15)(H,16,17). The molecule has 2 aromatic rings. The number of aromatic nitrogens is 2. The Kier molecular flexibility index (Phi) is 2.35. The number of aromatic amines is 1. The number of aromatic carboxylic acids is 1. The smallest absolute Gasteiger partial charge is 0.335 e. The number of hydrogen-bond donors (Lipinski definition) is 2. The predicted octanol–water partition coefficient (Wildman–Crippen LogP) is 2.92. The highest BCUT2D eigenvalue weighted by Gasteiger charge is 2.20. The Morgan fingerprint density at radius 3 is 2.82 bits per heavy atom. The summed E-state index contributed by atoms with van der Waals surface area (Å²) in [6.45, 7) is 0. The van der Waals surface area contributed by atoms with E-state index >= 15 is 0 Å². The molecule has 88 valence electrons. The van der Waals surface area contributed by atoms with E-state index in [1.807, 2.05) is 0 Å². The van der Waals surface area contributed by atoms with Crippen molar-refractivity contribution in [3.8, 4) is 0 Å². The molecule has 1 aliphatic carbocycles. The van der Waals surface area contributed by atoms with Crippen LogP contribution in [-0.2, 0) is 0 Å². The molecule has 0 amide bonds. The first-order valence-electron chi connectivity index (χ1n) is 5.97. The van der Waals surface area contributed by atoms with Gasteiger partial charge in [0.2, 0.25) is 0 Å². The van der Waals surface area contributed by atoms with Gasteiger partial charge in [-0.15, -0.1) is 0 Å². The molecule has 1 fully saturated rings. The summed E-state index contributed by atoms with van der Waals surface area (Å²) < 4.78 is 0. The zero-order valence-electron chi connectivity index (χ0n) is 9.44. The van der Waals surface area contributed by atoms with Crippen LogP contribution in [0, 0.1) is 0 Å². The number of benzene rings is 1. The number of fused-ring (bicyclic) bond motifs is 1. The van der Waals surface area contributed by atoms with Crippen molar-refractivity contribution in [2.24, 2.45) is 0 Å². The molecule has 1 aromatic heterocycles. The molecule has 0 saturated heterocycles. The molecule has 4 nitrogen and oxygen atoms in total. The third-order valence-electron chi connectivity index (χ3n) is 3.49. The number of carbonyl (C=O) groups is 1. The highest BCUT2D eigenvalue weighted by molar-refractivity contribution is 5.92. The zero-order valence-corrected chi connectivity index (χ0v) is 9.44. The molecule has 0 aliphatic heterocycles. The molecular weight excluding hydrogens is 216 g/mol. The third-order valence-corrected chi connectivity index (χ3v) is 3.49. The molecule has 1 saturated carbocycles. The highest BCUT2D eigenvalue weighted by atomic mass is 16.4. The molecule has 4 heteroatoms. The lowest BCUT2D eigenvalue weighted by Crippen LogP contribution is -1.95. The summed E-state index contributed by atoms with van der Waals surface area (Å²) in [6, 6.07) is 5.03. The number of nitrogens with one attached hydrogen (secondary N) is 1. The number of carboxylic acids is 1. The summed E-state index contributed by atoms with van der Waals surface area (Å²) in [7, 11) is 0. The second kappa shape index (κ2) is 3.87. The minimum absolute atomic E-state index is 0.305. The van der Waals surface area contributed by atoms with Crippen LogP contribution in [0.15, 0.2) is 18.2 Å². The highest BCUT2D eigenvalue weighted by Crippen LogP contribution is 2.33. The fourth-order valence-electron chi connectivity index (χ4n) is 2.55. The Bertz CT molecular complexity index is 568. The molecule has 0 radical (unpaired) electrons. The number of imidazole rings is 1. The lowest BCUT2D eigenvalue weighted by molar-refractivity contribution is 0.0697. The van der Waals surface area contributed by atoms with Crippen molar-refractivity contribution in [1.82, 2.24) is 9.97 Å². The van der Waals surface area contributed by atoms with E-state index in [1.54, 1.807) is 18.2 Å². The molecule has 1 aliphatic rings. The number of nitrogens with zero attached hydrogens (tertiary/aromatic N) is 1. The maximum atomic E-state index is 10.9. The van der Waals surface area contributed by atoms with E-state index in [-0.39, 0.29) is 0 Å². The molecule has 0 atom stereocenters. The SMILES string of the molecule is O=C(O)c1ccc2nc(C3CCCC3)[nH]c2c1. The summed E-state index contributed by atoms with van der Waals surface area (Å²) in [5.41, 5.74) is 1.99. The van der Waals surface area contributed by atoms with Crippen LogP contribution in [0.2, 0.25) is 0 Å². The topological polar surface area (TPSA) is 66.0 Å². The van der Waals surface area contributed by atoms with Gasteiger partial charge in [0.15, 0.2) is 0 Å². The van der Waals surface area contributed by atoms with Crippen molar-refractivity contribution in [3.05, 3.63) is 29.6 Å². The van der Waals surface area contributed by atoms with Gasteiger partial charge in [-0.1, -0.05) is 12.8 Å². The molecule has 2 N–H and O–H groups in total. The van der Waals surface area contributed by atoms with Gasteiger partial charge in [0.05, 0.1) is 16.6 Å². The molecule has 3 rings (SSSR count). The van der Waals surface area contributed by atoms with Crippen molar-refractivity contribution in [2.45, 2.75) is 31.6 Å². The molecule has 1 aromatic carbocycles. The molecule has 1 heterocycles. The fraction of sp³-hybridized carbons (Fsp3) is 0.385. The van der Waals surface area contributed by atoms with Crippen molar-refractivity contribution in [3.63, 3.8) is 0 Å². The van der Waals surface area contributed by atoms with Gasteiger partial charge in [0.25, 0.3) is 0 Å². The molecule has 0 unspecified atom stereocenters. The van der Waals surface area contributed by atoms with E-state index in [0.717, 1.165) is 16.9 Å². The van der Waals surface area contributed by atoms with Gasteiger partial charge in [-0.25, -0.2) is 9.78 Å². The Hall–Kier alpha value is -1.84. The monoisotopic (exact) mass is 230 g/mol. The Morgan fingerprint density at radius 2 is 2.12 bits per heavy atom.